The predicted molar refractivity (Wildman–Crippen MR) is 67.6 cm³/mol. The Labute approximate surface area is 90.7 Å². The molecule has 0 amide bonds. The minimum atomic E-state index is -3.84. The maximum absolute atomic E-state index is 10.5. The molecule has 0 spiro atoms. The molecule has 0 aliphatic carbocycles. The predicted octanol–water partition coefficient (Wildman–Crippen LogP) is 2.05. The molecule has 0 aliphatic heterocycles. The zero-order valence-corrected chi connectivity index (χ0v) is 9.61. The van der Waals surface area contributed by atoms with E-state index in [-0.39, 0.29) is 12.3 Å². The third kappa shape index (κ3) is 2.54. The summed E-state index contributed by atoms with van der Waals surface area (Å²) in [6.07, 6.45) is 3.49. The van der Waals surface area contributed by atoms with Crippen LogP contribution in [0, 0.1) is 0 Å². The zero-order chi connectivity index (χ0) is 11.4. The molecular formula is C12H17O2P. The monoisotopic (exact) mass is 224 g/mol. The second-order valence-electron chi connectivity index (χ2n) is 3.67. The molecule has 3 heteroatoms. The van der Waals surface area contributed by atoms with Crippen molar-refractivity contribution in [3.8, 4) is 0 Å². The first-order chi connectivity index (χ1) is 7.02. The van der Waals surface area contributed by atoms with Gasteiger partial charge in [-0.15, -0.1) is 0 Å². The van der Waals surface area contributed by atoms with E-state index in [4.69, 9.17) is 0 Å². The molecule has 0 aliphatic rings. The summed E-state index contributed by atoms with van der Waals surface area (Å²) < 4.78 is 0. The average Bonchev–Trinajstić information content (AvgIpc) is 2.19. The first-order valence-corrected chi connectivity index (χ1v) is 7.31. The summed E-state index contributed by atoms with van der Waals surface area (Å²) >= 11 is 0. The van der Waals surface area contributed by atoms with E-state index < -0.39 is 7.06 Å². The van der Waals surface area contributed by atoms with Crippen molar-refractivity contribution in [1.29, 1.82) is 0 Å². The van der Waals surface area contributed by atoms with Gasteiger partial charge < -0.3 is 0 Å². The van der Waals surface area contributed by atoms with E-state index in [1.54, 1.807) is 36.4 Å². The van der Waals surface area contributed by atoms with E-state index in [0.29, 0.717) is 5.30 Å². The van der Waals surface area contributed by atoms with Crippen LogP contribution in [0.3, 0.4) is 0 Å². The van der Waals surface area contributed by atoms with Gasteiger partial charge in [-0.1, -0.05) is 0 Å². The molecule has 0 aromatic heterocycles. The molecule has 1 aromatic carbocycles. The van der Waals surface area contributed by atoms with Gasteiger partial charge in [0.2, 0.25) is 0 Å². The van der Waals surface area contributed by atoms with Gasteiger partial charge in [-0.2, -0.15) is 0 Å². The van der Waals surface area contributed by atoms with E-state index in [2.05, 4.69) is 13.2 Å². The van der Waals surface area contributed by atoms with Gasteiger partial charge in [0.1, 0.15) is 0 Å². The standard InChI is InChI=1S/C12H17O2P/c1-3-10-15(13,14,11-4-2)12-8-6-5-7-9-12/h3-9,13-14H,1-2,10-11H2. The van der Waals surface area contributed by atoms with Crippen LogP contribution >= 0.6 is 7.06 Å². The molecule has 0 bridgehead atoms. The Kier molecular flexibility index (Phi) is 3.46. The molecule has 15 heavy (non-hydrogen) atoms. The molecule has 0 heterocycles. The van der Waals surface area contributed by atoms with Crippen molar-refractivity contribution in [1.82, 2.24) is 0 Å². The molecule has 0 saturated heterocycles. The van der Waals surface area contributed by atoms with Crippen molar-refractivity contribution in [2.45, 2.75) is 0 Å². The van der Waals surface area contributed by atoms with Crippen LogP contribution in [0.1, 0.15) is 0 Å². The van der Waals surface area contributed by atoms with E-state index in [9.17, 15) is 9.79 Å². The van der Waals surface area contributed by atoms with Crippen LogP contribution in [0.5, 0.6) is 0 Å². The molecule has 2 N–H and O–H groups in total. The summed E-state index contributed by atoms with van der Waals surface area (Å²) in [6, 6.07) is 8.93. The third-order valence-electron chi connectivity index (χ3n) is 2.38. The second kappa shape index (κ2) is 4.28. The van der Waals surface area contributed by atoms with Crippen LogP contribution in [-0.2, 0) is 0 Å². The van der Waals surface area contributed by atoms with Gasteiger partial charge in [-0.3, -0.25) is 0 Å². The van der Waals surface area contributed by atoms with Gasteiger partial charge in [0, 0.05) is 0 Å². The molecule has 1 rings (SSSR count). The fraction of sp³-hybridized carbons (Fsp3) is 0.167. The third-order valence-corrected chi connectivity index (χ3v) is 5.92. The van der Waals surface area contributed by atoms with Crippen molar-refractivity contribution in [2.24, 2.45) is 0 Å². The van der Waals surface area contributed by atoms with Gasteiger partial charge in [0.15, 0.2) is 0 Å². The van der Waals surface area contributed by atoms with Gasteiger partial charge in [0.25, 0.3) is 0 Å². The summed E-state index contributed by atoms with van der Waals surface area (Å²) in [5, 5.41) is 0.586. The number of allylic oxidation sites excluding steroid dienone is 2. The minimum absolute atomic E-state index is 0.196. The van der Waals surface area contributed by atoms with Crippen LogP contribution < -0.4 is 5.30 Å². The summed E-state index contributed by atoms with van der Waals surface area (Å²) in [5.74, 6) is 0. The number of hydrogen-bond donors (Lipinski definition) is 2. The van der Waals surface area contributed by atoms with Crippen molar-refractivity contribution >= 4 is 12.4 Å². The molecular weight excluding hydrogens is 207 g/mol. The van der Waals surface area contributed by atoms with E-state index in [1.165, 1.54) is 0 Å². The van der Waals surface area contributed by atoms with Crippen molar-refractivity contribution in [3.63, 3.8) is 0 Å². The van der Waals surface area contributed by atoms with Crippen LogP contribution in [0.15, 0.2) is 55.6 Å². The SMILES string of the molecule is C=CCP(O)(O)(CC=C)c1ccccc1. The Morgan fingerprint density at radius 2 is 1.47 bits per heavy atom. The molecule has 2 nitrogen and oxygen atoms in total. The van der Waals surface area contributed by atoms with Gasteiger partial charge in [-0.05, 0) is 0 Å². The van der Waals surface area contributed by atoms with Gasteiger partial charge in [-0.25, -0.2) is 0 Å². The Bertz CT molecular complexity index is 343. The topological polar surface area (TPSA) is 40.5 Å². The Morgan fingerprint density at radius 1 is 1.00 bits per heavy atom. The molecule has 0 saturated carbocycles. The van der Waals surface area contributed by atoms with Crippen molar-refractivity contribution in [2.75, 3.05) is 12.3 Å². The zero-order valence-electron chi connectivity index (χ0n) is 8.71. The first-order valence-electron chi connectivity index (χ1n) is 4.80. The molecule has 1 aromatic rings. The average molecular weight is 224 g/mol. The van der Waals surface area contributed by atoms with Crippen LogP contribution in [0.2, 0.25) is 0 Å². The summed E-state index contributed by atoms with van der Waals surface area (Å²) in [5.41, 5.74) is 0. The fourth-order valence-corrected chi connectivity index (χ4v) is 4.12. The summed E-state index contributed by atoms with van der Waals surface area (Å²) in [7, 11) is -3.84. The van der Waals surface area contributed by atoms with Gasteiger partial charge >= 0.3 is 90.1 Å². The van der Waals surface area contributed by atoms with E-state index in [0.717, 1.165) is 0 Å². The molecule has 0 atom stereocenters. The van der Waals surface area contributed by atoms with Crippen LogP contribution in [0.25, 0.3) is 0 Å². The molecule has 82 valence electrons. The Hall–Kier alpha value is -0.950. The Morgan fingerprint density at radius 3 is 1.87 bits per heavy atom. The number of rotatable bonds is 5. The quantitative estimate of drug-likeness (QED) is 0.593. The van der Waals surface area contributed by atoms with E-state index in [1.807, 2.05) is 6.07 Å². The fourth-order valence-electron chi connectivity index (χ4n) is 1.60. The Balaban J connectivity index is 3.22. The van der Waals surface area contributed by atoms with E-state index >= 15 is 0 Å². The maximum atomic E-state index is 10.5. The number of benzene rings is 1. The van der Waals surface area contributed by atoms with Crippen molar-refractivity contribution < 1.29 is 9.79 Å². The number of hydrogen-bond acceptors (Lipinski definition) is 2. The summed E-state index contributed by atoms with van der Waals surface area (Å²) in [6.45, 7) is 7.15. The molecule has 0 unspecified atom stereocenters. The second-order valence-corrected chi connectivity index (χ2v) is 7.71. The van der Waals surface area contributed by atoms with Crippen LogP contribution in [-0.4, -0.2) is 22.1 Å². The van der Waals surface area contributed by atoms with Gasteiger partial charge in [0.05, 0.1) is 0 Å². The first kappa shape index (κ1) is 12.1. The van der Waals surface area contributed by atoms with Crippen LogP contribution in [0.4, 0.5) is 0 Å². The normalized spacial score (nSPS) is 13.9. The summed E-state index contributed by atoms with van der Waals surface area (Å²) in [4.78, 5) is 21.0. The van der Waals surface area contributed by atoms with Crippen molar-refractivity contribution in [3.05, 3.63) is 55.6 Å². The molecule has 0 fully saturated rings. The molecule has 0 radical (unpaired) electrons.